The minimum atomic E-state index is -0.849. The third-order valence-corrected chi connectivity index (χ3v) is 8.10. The van der Waals surface area contributed by atoms with E-state index in [1.165, 1.54) is 23.3 Å². The molecule has 0 radical (unpaired) electrons. The molecule has 2 aromatic heterocycles. The lowest BCUT2D eigenvalue weighted by atomic mass is 9.79. The molecule has 0 aromatic carbocycles. The van der Waals surface area contributed by atoms with E-state index < -0.39 is 17.8 Å². The molecule has 0 aliphatic heterocycles. The average molecular weight is 419 g/mol. The highest BCUT2D eigenvalue weighted by Crippen LogP contribution is 2.45. The van der Waals surface area contributed by atoms with Crippen LogP contribution >= 0.6 is 22.7 Å². The van der Waals surface area contributed by atoms with Crippen molar-refractivity contribution in [3.05, 3.63) is 21.5 Å². The largest absolute Gasteiger partial charge is 0.481 e. The molecule has 0 saturated heterocycles. The fraction of sp³-hybridized carbons (Fsp3) is 0.571. The van der Waals surface area contributed by atoms with Gasteiger partial charge in [0, 0.05) is 21.5 Å². The number of nitrogens with one attached hydrogen (secondary N) is 1. The maximum Gasteiger partial charge on any atom is 0.307 e. The zero-order valence-corrected chi connectivity index (χ0v) is 17.8. The average Bonchev–Trinajstić information content (AvgIpc) is 3.16. The molecule has 0 unspecified atom stereocenters. The number of thiophene rings is 1. The number of carboxylic acids is 1. The fourth-order valence-electron chi connectivity index (χ4n) is 4.47. The molecule has 2 N–H and O–H groups in total. The molecule has 1 saturated carbocycles. The number of fused-ring (bicyclic) bond motifs is 1. The summed E-state index contributed by atoms with van der Waals surface area (Å²) in [5, 5.41) is 16.5. The van der Waals surface area contributed by atoms with Crippen LogP contribution in [0.2, 0.25) is 0 Å². The van der Waals surface area contributed by atoms with Crippen molar-refractivity contribution in [2.24, 2.45) is 11.8 Å². The molecule has 150 valence electrons. The smallest absolute Gasteiger partial charge is 0.307 e. The number of nitrogens with zero attached hydrogens (tertiary/aromatic N) is 1. The van der Waals surface area contributed by atoms with Crippen LogP contribution in [0, 0.1) is 18.8 Å². The second-order valence-electron chi connectivity index (χ2n) is 7.89. The Morgan fingerprint density at radius 1 is 1.11 bits per heavy atom. The molecule has 7 heteroatoms. The van der Waals surface area contributed by atoms with Gasteiger partial charge in [0.15, 0.2) is 0 Å². The van der Waals surface area contributed by atoms with Crippen molar-refractivity contribution in [3.63, 3.8) is 0 Å². The van der Waals surface area contributed by atoms with Crippen molar-refractivity contribution in [1.82, 2.24) is 4.98 Å². The zero-order valence-electron chi connectivity index (χ0n) is 16.1. The van der Waals surface area contributed by atoms with E-state index in [4.69, 9.17) is 4.98 Å². The van der Waals surface area contributed by atoms with Crippen molar-refractivity contribution in [2.45, 2.75) is 64.7 Å². The summed E-state index contributed by atoms with van der Waals surface area (Å²) in [6.07, 6.45) is 8.71. The van der Waals surface area contributed by atoms with Crippen LogP contribution in [0.4, 0.5) is 5.00 Å². The molecule has 2 aliphatic rings. The van der Waals surface area contributed by atoms with Crippen molar-refractivity contribution >= 4 is 39.6 Å². The van der Waals surface area contributed by atoms with Crippen molar-refractivity contribution < 1.29 is 14.7 Å². The van der Waals surface area contributed by atoms with Gasteiger partial charge in [-0.15, -0.1) is 22.7 Å². The second kappa shape index (κ2) is 8.33. The Morgan fingerprint density at radius 2 is 1.86 bits per heavy atom. The number of carboxylic acid groups (broad SMARTS) is 1. The molecule has 1 fully saturated rings. The molecule has 0 spiro atoms. The van der Waals surface area contributed by atoms with Crippen LogP contribution < -0.4 is 5.32 Å². The molecule has 2 heterocycles. The third kappa shape index (κ3) is 3.87. The van der Waals surface area contributed by atoms with Gasteiger partial charge in [0.2, 0.25) is 5.91 Å². The van der Waals surface area contributed by atoms with Gasteiger partial charge in [0.25, 0.3) is 0 Å². The van der Waals surface area contributed by atoms with E-state index in [0.29, 0.717) is 12.8 Å². The molecule has 2 aliphatic carbocycles. The van der Waals surface area contributed by atoms with Gasteiger partial charge in [-0.1, -0.05) is 19.3 Å². The van der Waals surface area contributed by atoms with Crippen LogP contribution in [-0.2, 0) is 22.4 Å². The van der Waals surface area contributed by atoms with Crippen molar-refractivity contribution in [1.29, 1.82) is 0 Å². The molecule has 5 nitrogen and oxygen atoms in total. The standard InChI is InChI=1S/C21H26N2O3S2/c1-12-11-27-19(22-12)17-15-9-3-2-4-10-16(15)28-20(17)23-18(24)13-7-5-6-8-14(13)21(25)26/h11,13-14H,2-10H2,1H3,(H,23,24)(H,25,26)/t13-,14-/m0/s1. The zero-order chi connectivity index (χ0) is 19.7. The van der Waals surface area contributed by atoms with Gasteiger partial charge < -0.3 is 10.4 Å². The summed E-state index contributed by atoms with van der Waals surface area (Å²) < 4.78 is 0. The lowest BCUT2D eigenvalue weighted by Crippen LogP contribution is -2.35. The minimum Gasteiger partial charge on any atom is -0.481 e. The van der Waals surface area contributed by atoms with Crippen LogP contribution in [0.1, 0.15) is 61.1 Å². The number of thiazole rings is 1. The van der Waals surface area contributed by atoms with E-state index in [1.54, 1.807) is 22.7 Å². The first-order valence-corrected chi connectivity index (χ1v) is 11.8. The number of rotatable bonds is 4. The van der Waals surface area contributed by atoms with E-state index in [1.807, 2.05) is 12.3 Å². The number of carbonyl (C=O) groups excluding carboxylic acids is 1. The Bertz CT molecular complexity index is 886. The molecule has 0 bridgehead atoms. The highest BCUT2D eigenvalue weighted by atomic mass is 32.1. The topological polar surface area (TPSA) is 79.3 Å². The maximum absolute atomic E-state index is 13.1. The van der Waals surface area contributed by atoms with Gasteiger partial charge >= 0.3 is 5.97 Å². The predicted octanol–water partition coefficient (Wildman–Crippen LogP) is 5.28. The summed E-state index contributed by atoms with van der Waals surface area (Å²) in [6.45, 7) is 1.99. The van der Waals surface area contributed by atoms with Crippen LogP contribution in [-0.4, -0.2) is 22.0 Å². The molecular formula is C21H26N2O3S2. The van der Waals surface area contributed by atoms with E-state index in [2.05, 4.69) is 5.32 Å². The summed E-state index contributed by atoms with van der Waals surface area (Å²) in [6, 6.07) is 0. The SMILES string of the molecule is Cc1csc(-c2c(NC(=O)[C@H]3CCCC[C@@H]3C(=O)O)sc3c2CCCCC3)n1. The maximum atomic E-state index is 13.1. The summed E-state index contributed by atoms with van der Waals surface area (Å²) in [4.78, 5) is 30.7. The Morgan fingerprint density at radius 3 is 2.57 bits per heavy atom. The number of aliphatic carboxylic acids is 1. The highest BCUT2D eigenvalue weighted by molar-refractivity contribution is 7.18. The van der Waals surface area contributed by atoms with Gasteiger partial charge in [-0.3, -0.25) is 9.59 Å². The predicted molar refractivity (Wildman–Crippen MR) is 113 cm³/mol. The van der Waals surface area contributed by atoms with Gasteiger partial charge in [0.1, 0.15) is 10.0 Å². The Kier molecular flexibility index (Phi) is 5.83. The van der Waals surface area contributed by atoms with Crippen LogP contribution in [0.15, 0.2) is 5.38 Å². The van der Waals surface area contributed by atoms with Crippen LogP contribution in [0.5, 0.6) is 0 Å². The summed E-state index contributed by atoms with van der Waals surface area (Å²) >= 11 is 3.29. The van der Waals surface area contributed by atoms with E-state index in [9.17, 15) is 14.7 Å². The van der Waals surface area contributed by atoms with Gasteiger partial charge in [0.05, 0.1) is 11.8 Å². The highest BCUT2D eigenvalue weighted by Gasteiger charge is 2.36. The monoisotopic (exact) mass is 418 g/mol. The number of anilines is 1. The summed E-state index contributed by atoms with van der Waals surface area (Å²) in [7, 11) is 0. The van der Waals surface area contributed by atoms with Crippen LogP contribution in [0.3, 0.4) is 0 Å². The molecule has 2 aromatic rings. The second-order valence-corrected chi connectivity index (χ2v) is 9.85. The quantitative estimate of drug-likeness (QED) is 0.662. The lowest BCUT2D eigenvalue weighted by Gasteiger charge is -2.27. The first kappa shape index (κ1) is 19.6. The molecule has 4 rings (SSSR count). The van der Waals surface area contributed by atoms with Gasteiger partial charge in [-0.25, -0.2) is 4.98 Å². The van der Waals surface area contributed by atoms with Gasteiger partial charge in [-0.05, 0) is 51.0 Å². The molecule has 2 atom stereocenters. The number of amides is 1. The molecule has 1 amide bonds. The summed E-state index contributed by atoms with van der Waals surface area (Å²) in [5.74, 6) is -2.01. The van der Waals surface area contributed by atoms with Crippen LogP contribution in [0.25, 0.3) is 10.6 Å². The number of carbonyl (C=O) groups is 2. The van der Waals surface area contributed by atoms with Crippen molar-refractivity contribution in [2.75, 3.05) is 5.32 Å². The first-order valence-electron chi connectivity index (χ1n) is 10.2. The number of aryl methyl sites for hydroxylation is 2. The molecular weight excluding hydrogens is 392 g/mol. The van der Waals surface area contributed by atoms with E-state index in [-0.39, 0.29) is 5.91 Å². The minimum absolute atomic E-state index is 0.141. The fourth-order valence-corrected chi connectivity index (χ4v) is 6.70. The molecule has 28 heavy (non-hydrogen) atoms. The number of hydrogen-bond donors (Lipinski definition) is 2. The normalized spacial score (nSPS) is 22.3. The van der Waals surface area contributed by atoms with Gasteiger partial charge in [-0.2, -0.15) is 0 Å². The summed E-state index contributed by atoms with van der Waals surface area (Å²) in [5.41, 5.74) is 3.41. The first-order chi connectivity index (χ1) is 13.5. The van der Waals surface area contributed by atoms with E-state index in [0.717, 1.165) is 53.4 Å². The Labute approximate surface area is 173 Å². The Hall–Kier alpha value is -1.73. The Balaban J connectivity index is 1.67. The third-order valence-electron chi connectivity index (χ3n) is 5.91. The lowest BCUT2D eigenvalue weighted by molar-refractivity contribution is -0.147. The van der Waals surface area contributed by atoms with E-state index >= 15 is 0 Å². The van der Waals surface area contributed by atoms with Crippen molar-refractivity contribution in [3.8, 4) is 10.6 Å². The number of hydrogen-bond acceptors (Lipinski definition) is 5. The number of aromatic nitrogens is 1.